The van der Waals surface area contributed by atoms with Gasteiger partial charge in [0.1, 0.15) is 5.75 Å². The average molecular weight is 433 g/mol. The van der Waals surface area contributed by atoms with Gasteiger partial charge in [-0.05, 0) is 50.0 Å². The van der Waals surface area contributed by atoms with Crippen LogP contribution in [0.25, 0.3) is 0 Å². The molecule has 0 saturated carbocycles. The number of anilines is 2. The van der Waals surface area contributed by atoms with Crippen molar-refractivity contribution >= 4 is 29.0 Å². The first kappa shape index (κ1) is 22.2. The molecule has 162 valence electrons. The standard InChI is InChI=1S/C22H29ClN4O3/c1-26(2)21(16-5-4-6-18(13-16)29-3)15-24-22(28)25-19-14-17(23)7-8-20(19)27-9-11-30-12-10-27/h4-8,13-14,21H,9-12,15H2,1-3H3,(H2,24,25,28). The third kappa shape index (κ3) is 5.78. The van der Waals surface area contributed by atoms with E-state index in [9.17, 15) is 4.79 Å². The van der Waals surface area contributed by atoms with Crippen LogP contribution in [0, 0.1) is 0 Å². The molecule has 0 aromatic heterocycles. The first-order valence-electron chi connectivity index (χ1n) is 9.95. The number of likely N-dealkylation sites (N-methyl/N-ethyl adjacent to an activating group) is 1. The summed E-state index contributed by atoms with van der Waals surface area (Å²) in [7, 11) is 5.61. The van der Waals surface area contributed by atoms with Crippen LogP contribution in [0.1, 0.15) is 11.6 Å². The van der Waals surface area contributed by atoms with Gasteiger partial charge in [0.05, 0.1) is 37.7 Å². The molecule has 0 spiro atoms. The van der Waals surface area contributed by atoms with Crippen molar-refractivity contribution < 1.29 is 14.3 Å². The Labute approximate surface area is 182 Å². The Bertz CT molecular complexity index is 856. The highest BCUT2D eigenvalue weighted by atomic mass is 35.5. The van der Waals surface area contributed by atoms with E-state index in [0.717, 1.165) is 30.1 Å². The Morgan fingerprint density at radius 3 is 2.70 bits per heavy atom. The molecule has 2 N–H and O–H groups in total. The predicted octanol–water partition coefficient (Wildman–Crippen LogP) is 3.61. The Hall–Kier alpha value is -2.48. The number of hydrogen-bond donors (Lipinski definition) is 2. The molecule has 30 heavy (non-hydrogen) atoms. The van der Waals surface area contributed by atoms with Crippen LogP contribution in [0.2, 0.25) is 5.02 Å². The number of urea groups is 1. The van der Waals surface area contributed by atoms with Crippen LogP contribution >= 0.6 is 11.6 Å². The van der Waals surface area contributed by atoms with Gasteiger partial charge in [-0.3, -0.25) is 0 Å². The monoisotopic (exact) mass is 432 g/mol. The lowest BCUT2D eigenvalue weighted by Gasteiger charge is -2.31. The number of methoxy groups -OCH3 is 1. The van der Waals surface area contributed by atoms with E-state index in [1.165, 1.54) is 0 Å². The van der Waals surface area contributed by atoms with Crippen LogP contribution in [0.5, 0.6) is 5.75 Å². The molecule has 1 heterocycles. The van der Waals surface area contributed by atoms with Crippen molar-refractivity contribution in [1.29, 1.82) is 0 Å². The van der Waals surface area contributed by atoms with Crippen molar-refractivity contribution in [1.82, 2.24) is 10.2 Å². The number of carbonyl (C=O) groups excluding carboxylic acids is 1. The summed E-state index contributed by atoms with van der Waals surface area (Å²) in [5, 5.41) is 6.51. The smallest absolute Gasteiger partial charge is 0.319 e. The maximum atomic E-state index is 12.7. The van der Waals surface area contributed by atoms with E-state index >= 15 is 0 Å². The summed E-state index contributed by atoms with van der Waals surface area (Å²) in [5.74, 6) is 0.790. The van der Waals surface area contributed by atoms with Crippen molar-refractivity contribution in [3.05, 3.63) is 53.1 Å². The molecule has 1 saturated heterocycles. The maximum absolute atomic E-state index is 12.7. The first-order valence-corrected chi connectivity index (χ1v) is 10.3. The lowest BCUT2D eigenvalue weighted by Crippen LogP contribution is -2.38. The van der Waals surface area contributed by atoms with Crippen LogP contribution in [-0.4, -0.2) is 65.0 Å². The van der Waals surface area contributed by atoms with Crippen molar-refractivity contribution in [2.75, 3.05) is 64.3 Å². The van der Waals surface area contributed by atoms with E-state index < -0.39 is 0 Å². The largest absolute Gasteiger partial charge is 0.497 e. The summed E-state index contributed by atoms with van der Waals surface area (Å²) in [6, 6.07) is 13.1. The van der Waals surface area contributed by atoms with Crippen molar-refractivity contribution in [3.8, 4) is 5.75 Å². The second-order valence-electron chi connectivity index (χ2n) is 7.35. The highest BCUT2D eigenvalue weighted by Crippen LogP contribution is 2.30. The number of ether oxygens (including phenoxy) is 2. The van der Waals surface area contributed by atoms with Crippen molar-refractivity contribution in [2.45, 2.75) is 6.04 Å². The molecule has 2 aromatic carbocycles. The Morgan fingerprint density at radius 1 is 1.23 bits per heavy atom. The number of amides is 2. The van der Waals surface area contributed by atoms with Crippen LogP contribution in [-0.2, 0) is 4.74 Å². The highest BCUT2D eigenvalue weighted by molar-refractivity contribution is 6.31. The number of carbonyl (C=O) groups is 1. The van der Waals surface area contributed by atoms with Crippen LogP contribution in [0.15, 0.2) is 42.5 Å². The van der Waals surface area contributed by atoms with E-state index in [4.69, 9.17) is 21.1 Å². The molecule has 1 unspecified atom stereocenters. The van der Waals surface area contributed by atoms with E-state index in [1.807, 2.05) is 50.5 Å². The van der Waals surface area contributed by atoms with E-state index in [-0.39, 0.29) is 12.1 Å². The summed E-state index contributed by atoms with van der Waals surface area (Å²) in [5.41, 5.74) is 2.69. The predicted molar refractivity (Wildman–Crippen MR) is 121 cm³/mol. The van der Waals surface area contributed by atoms with Gasteiger partial charge in [0.15, 0.2) is 0 Å². The van der Waals surface area contributed by atoms with Gasteiger partial charge in [0.25, 0.3) is 0 Å². The summed E-state index contributed by atoms with van der Waals surface area (Å²) in [4.78, 5) is 16.9. The molecule has 0 bridgehead atoms. The van der Waals surface area contributed by atoms with Crippen LogP contribution in [0.3, 0.4) is 0 Å². The maximum Gasteiger partial charge on any atom is 0.319 e. The summed E-state index contributed by atoms with van der Waals surface area (Å²) < 4.78 is 10.8. The molecular weight excluding hydrogens is 404 g/mol. The van der Waals surface area contributed by atoms with Gasteiger partial charge < -0.3 is 29.9 Å². The van der Waals surface area contributed by atoms with Gasteiger partial charge in [-0.15, -0.1) is 0 Å². The Balaban J connectivity index is 1.68. The lowest BCUT2D eigenvalue weighted by atomic mass is 10.1. The zero-order chi connectivity index (χ0) is 21.5. The topological polar surface area (TPSA) is 66.1 Å². The summed E-state index contributed by atoms with van der Waals surface area (Å²) in [6.45, 7) is 3.32. The Morgan fingerprint density at radius 2 is 2.00 bits per heavy atom. The molecule has 1 aliphatic rings. The number of hydrogen-bond acceptors (Lipinski definition) is 5. The van der Waals surface area contributed by atoms with E-state index in [0.29, 0.717) is 30.5 Å². The van der Waals surface area contributed by atoms with Gasteiger partial charge in [0, 0.05) is 24.7 Å². The molecule has 3 rings (SSSR count). The molecule has 2 aromatic rings. The zero-order valence-electron chi connectivity index (χ0n) is 17.7. The van der Waals surface area contributed by atoms with E-state index in [2.05, 4.69) is 20.4 Å². The highest BCUT2D eigenvalue weighted by Gasteiger charge is 2.19. The molecule has 8 heteroatoms. The van der Waals surface area contributed by atoms with Crippen LogP contribution < -0.4 is 20.3 Å². The van der Waals surface area contributed by atoms with Gasteiger partial charge in [-0.1, -0.05) is 23.7 Å². The number of rotatable bonds is 7. The number of morpholine rings is 1. The normalized spacial score (nSPS) is 15.0. The van der Waals surface area contributed by atoms with Crippen LogP contribution in [0.4, 0.5) is 16.2 Å². The second-order valence-corrected chi connectivity index (χ2v) is 7.79. The zero-order valence-corrected chi connectivity index (χ0v) is 18.4. The summed E-state index contributed by atoms with van der Waals surface area (Å²) in [6.07, 6.45) is 0. The molecular formula is C22H29ClN4O3. The second kappa shape index (κ2) is 10.5. The number of halogens is 1. The molecule has 2 amide bonds. The molecule has 1 aliphatic heterocycles. The third-order valence-electron chi connectivity index (χ3n) is 5.12. The first-order chi connectivity index (χ1) is 14.5. The molecule has 0 radical (unpaired) electrons. The van der Waals surface area contributed by atoms with Gasteiger partial charge in [-0.2, -0.15) is 0 Å². The average Bonchev–Trinajstić information content (AvgIpc) is 2.74. The fraction of sp³-hybridized carbons (Fsp3) is 0.409. The lowest BCUT2D eigenvalue weighted by molar-refractivity contribution is 0.123. The Kier molecular flexibility index (Phi) is 7.79. The third-order valence-corrected chi connectivity index (χ3v) is 5.35. The van der Waals surface area contributed by atoms with Crippen molar-refractivity contribution in [3.63, 3.8) is 0 Å². The molecule has 0 aliphatic carbocycles. The van der Waals surface area contributed by atoms with Gasteiger partial charge in [0.2, 0.25) is 0 Å². The number of nitrogens with zero attached hydrogens (tertiary/aromatic N) is 2. The van der Waals surface area contributed by atoms with Crippen molar-refractivity contribution in [2.24, 2.45) is 0 Å². The van der Waals surface area contributed by atoms with Gasteiger partial charge >= 0.3 is 6.03 Å². The number of nitrogens with one attached hydrogen (secondary N) is 2. The summed E-state index contributed by atoms with van der Waals surface area (Å²) >= 11 is 6.18. The molecule has 7 nitrogen and oxygen atoms in total. The fourth-order valence-corrected chi connectivity index (χ4v) is 3.66. The minimum atomic E-state index is -0.276. The minimum Gasteiger partial charge on any atom is -0.497 e. The minimum absolute atomic E-state index is 0.00363. The quantitative estimate of drug-likeness (QED) is 0.699. The fourth-order valence-electron chi connectivity index (χ4n) is 3.49. The number of benzene rings is 2. The van der Waals surface area contributed by atoms with Gasteiger partial charge in [-0.25, -0.2) is 4.79 Å². The molecule has 1 atom stereocenters. The van der Waals surface area contributed by atoms with E-state index in [1.54, 1.807) is 13.2 Å². The SMILES string of the molecule is COc1cccc(C(CNC(=O)Nc2cc(Cl)ccc2N2CCOCC2)N(C)C)c1. The molecule has 1 fully saturated rings.